The molecule has 7 aromatic carbocycles. The molecule has 0 fully saturated rings. The minimum absolute atomic E-state index is 0.982. The summed E-state index contributed by atoms with van der Waals surface area (Å²) in [6.07, 6.45) is 0. The number of fused-ring (bicyclic) bond motifs is 3. The molecule has 0 aliphatic rings. The topological polar surface area (TPSA) is 17.8 Å². The quantitative estimate of drug-likeness (QED) is 0.205. The van der Waals surface area contributed by atoms with E-state index in [0.29, 0.717) is 0 Å². The second-order valence-electron chi connectivity index (χ2n) is 10.8. The van der Waals surface area contributed by atoms with Crippen molar-refractivity contribution in [3.05, 3.63) is 157 Å². The zero-order chi connectivity index (χ0) is 28.0. The van der Waals surface area contributed by atoms with Gasteiger partial charge in [0.05, 0.1) is 11.0 Å². The van der Waals surface area contributed by atoms with Gasteiger partial charge in [-0.15, -0.1) is 0 Å². The van der Waals surface area contributed by atoms with Crippen LogP contribution in [0.2, 0.25) is 0 Å². The van der Waals surface area contributed by atoms with Crippen molar-refractivity contribution in [1.29, 1.82) is 0 Å². The fraction of sp³-hybridized carbons (Fsp3) is 0.0250. The van der Waals surface area contributed by atoms with Gasteiger partial charge in [-0.1, -0.05) is 127 Å². The summed E-state index contributed by atoms with van der Waals surface area (Å²) in [5, 5.41) is 4.99. The number of hydrogen-bond acceptors (Lipinski definition) is 1. The molecule has 0 amide bonds. The van der Waals surface area contributed by atoms with Crippen LogP contribution in [0.3, 0.4) is 0 Å². The SMILES string of the molecule is Cc1nc2cc(-c3c4ccccc4c(-c4ccccc4-c4ccccc4)c4ccccc34)ccc2n1-c1ccccc1. The van der Waals surface area contributed by atoms with Crippen molar-refractivity contribution in [3.8, 4) is 39.1 Å². The van der Waals surface area contributed by atoms with Crippen LogP contribution in [0.4, 0.5) is 0 Å². The molecular weight excluding hydrogens is 508 g/mol. The summed E-state index contributed by atoms with van der Waals surface area (Å²) in [5.41, 5.74) is 10.6. The summed E-state index contributed by atoms with van der Waals surface area (Å²) >= 11 is 0. The van der Waals surface area contributed by atoms with Crippen molar-refractivity contribution in [1.82, 2.24) is 9.55 Å². The molecule has 0 radical (unpaired) electrons. The van der Waals surface area contributed by atoms with Gasteiger partial charge in [0.25, 0.3) is 0 Å². The Bertz CT molecular complexity index is 2190. The smallest absolute Gasteiger partial charge is 0.111 e. The van der Waals surface area contributed by atoms with Crippen molar-refractivity contribution < 1.29 is 0 Å². The first kappa shape index (κ1) is 24.3. The minimum Gasteiger partial charge on any atom is -0.297 e. The maximum Gasteiger partial charge on any atom is 0.111 e. The van der Waals surface area contributed by atoms with E-state index in [0.717, 1.165) is 22.5 Å². The lowest BCUT2D eigenvalue weighted by Gasteiger charge is -2.19. The van der Waals surface area contributed by atoms with E-state index in [1.54, 1.807) is 0 Å². The number of rotatable bonds is 4. The highest BCUT2D eigenvalue weighted by molar-refractivity contribution is 6.22. The van der Waals surface area contributed by atoms with Crippen LogP contribution in [0, 0.1) is 6.92 Å². The van der Waals surface area contributed by atoms with Crippen LogP contribution in [-0.2, 0) is 0 Å². The lowest BCUT2D eigenvalue weighted by Crippen LogP contribution is -1.96. The van der Waals surface area contributed by atoms with E-state index in [1.165, 1.54) is 54.9 Å². The molecule has 0 N–H and O–H groups in total. The van der Waals surface area contributed by atoms with Crippen molar-refractivity contribution in [2.75, 3.05) is 0 Å². The molecule has 0 saturated heterocycles. The summed E-state index contributed by atoms with van der Waals surface area (Å²) in [6, 6.07) is 54.4. The number of hydrogen-bond donors (Lipinski definition) is 0. The third-order valence-corrected chi connectivity index (χ3v) is 8.34. The monoisotopic (exact) mass is 536 g/mol. The Labute approximate surface area is 245 Å². The summed E-state index contributed by atoms with van der Waals surface area (Å²) in [7, 11) is 0. The Balaban J connectivity index is 1.42. The summed E-state index contributed by atoms with van der Waals surface area (Å²) in [6.45, 7) is 2.08. The highest BCUT2D eigenvalue weighted by Crippen LogP contribution is 2.46. The average Bonchev–Trinajstić information content (AvgIpc) is 3.39. The Morgan fingerprint density at radius 1 is 0.452 bits per heavy atom. The highest BCUT2D eigenvalue weighted by atomic mass is 15.1. The zero-order valence-corrected chi connectivity index (χ0v) is 23.3. The molecule has 1 heterocycles. The molecule has 2 heteroatoms. The second-order valence-corrected chi connectivity index (χ2v) is 10.8. The standard InChI is InChI=1S/C40H28N2/c1-27-41-37-26-29(24-25-38(37)42(27)30-16-6-3-7-17-30)39-33-20-10-12-22-35(33)40(36-23-13-11-21-34(36)39)32-19-9-8-18-31(32)28-14-4-2-5-15-28/h2-26H,1H3. The predicted octanol–water partition coefficient (Wildman–Crippen LogP) is 10.6. The number of aryl methyl sites for hydroxylation is 1. The van der Waals surface area contributed by atoms with E-state index in [2.05, 4.69) is 157 Å². The van der Waals surface area contributed by atoms with Crippen LogP contribution in [-0.4, -0.2) is 9.55 Å². The molecule has 8 aromatic rings. The fourth-order valence-corrected chi connectivity index (χ4v) is 6.56. The van der Waals surface area contributed by atoms with E-state index in [9.17, 15) is 0 Å². The summed E-state index contributed by atoms with van der Waals surface area (Å²) in [5.74, 6) is 0.982. The van der Waals surface area contributed by atoms with Crippen LogP contribution in [0.1, 0.15) is 5.82 Å². The highest BCUT2D eigenvalue weighted by Gasteiger charge is 2.19. The van der Waals surface area contributed by atoms with Gasteiger partial charge >= 0.3 is 0 Å². The van der Waals surface area contributed by atoms with Crippen LogP contribution in [0.25, 0.3) is 71.6 Å². The molecular formula is C40H28N2. The average molecular weight is 537 g/mol. The molecule has 0 unspecified atom stereocenters. The van der Waals surface area contributed by atoms with E-state index in [4.69, 9.17) is 4.98 Å². The number of aromatic nitrogens is 2. The van der Waals surface area contributed by atoms with E-state index < -0.39 is 0 Å². The maximum absolute atomic E-state index is 5.01. The summed E-state index contributed by atoms with van der Waals surface area (Å²) in [4.78, 5) is 5.01. The number of benzene rings is 7. The van der Waals surface area contributed by atoms with Gasteiger partial charge in [0.2, 0.25) is 0 Å². The van der Waals surface area contributed by atoms with Gasteiger partial charge in [-0.25, -0.2) is 4.98 Å². The third kappa shape index (κ3) is 3.84. The Morgan fingerprint density at radius 2 is 0.976 bits per heavy atom. The normalized spacial score (nSPS) is 11.5. The molecule has 198 valence electrons. The van der Waals surface area contributed by atoms with Crippen LogP contribution < -0.4 is 0 Å². The van der Waals surface area contributed by atoms with Gasteiger partial charge < -0.3 is 0 Å². The Morgan fingerprint density at radius 3 is 1.62 bits per heavy atom. The second kappa shape index (κ2) is 9.87. The molecule has 0 atom stereocenters. The molecule has 0 bridgehead atoms. The lowest BCUT2D eigenvalue weighted by molar-refractivity contribution is 1.00. The van der Waals surface area contributed by atoms with E-state index in [-0.39, 0.29) is 0 Å². The summed E-state index contributed by atoms with van der Waals surface area (Å²) < 4.78 is 2.24. The zero-order valence-electron chi connectivity index (χ0n) is 23.3. The number of nitrogens with zero attached hydrogens (tertiary/aromatic N) is 2. The molecule has 0 spiro atoms. The molecule has 8 rings (SSSR count). The fourth-order valence-electron chi connectivity index (χ4n) is 6.56. The molecule has 42 heavy (non-hydrogen) atoms. The van der Waals surface area contributed by atoms with Gasteiger partial charge in [-0.2, -0.15) is 0 Å². The largest absolute Gasteiger partial charge is 0.297 e. The van der Waals surface area contributed by atoms with Crippen molar-refractivity contribution in [2.24, 2.45) is 0 Å². The van der Waals surface area contributed by atoms with Crippen LogP contribution in [0.5, 0.6) is 0 Å². The first-order valence-electron chi connectivity index (χ1n) is 14.4. The third-order valence-electron chi connectivity index (χ3n) is 8.34. The predicted molar refractivity (Wildman–Crippen MR) is 177 cm³/mol. The molecule has 0 aliphatic heterocycles. The van der Waals surface area contributed by atoms with E-state index in [1.807, 2.05) is 6.07 Å². The Kier molecular flexibility index (Phi) is 5.72. The van der Waals surface area contributed by atoms with Crippen molar-refractivity contribution in [2.45, 2.75) is 6.92 Å². The number of imidazole rings is 1. The molecule has 2 nitrogen and oxygen atoms in total. The van der Waals surface area contributed by atoms with E-state index >= 15 is 0 Å². The molecule has 1 aromatic heterocycles. The van der Waals surface area contributed by atoms with Gasteiger partial charge in [-0.3, -0.25) is 4.57 Å². The van der Waals surface area contributed by atoms with Crippen LogP contribution in [0.15, 0.2) is 152 Å². The molecule has 0 saturated carbocycles. The van der Waals surface area contributed by atoms with Gasteiger partial charge in [0, 0.05) is 5.69 Å². The van der Waals surface area contributed by atoms with Gasteiger partial charge in [0.15, 0.2) is 0 Å². The molecule has 0 aliphatic carbocycles. The van der Waals surface area contributed by atoms with Crippen molar-refractivity contribution >= 4 is 32.6 Å². The lowest BCUT2D eigenvalue weighted by atomic mass is 9.84. The van der Waals surface area contributed by atoms with Crippen molar-refractivity contribution in [3.63, 3.8) is 0 Å². The van der Waals surface area contributed by atoms with Crippen LogP contribution >= 0.6 is 0 Å². The Hall–Kier alpha value is -5.47. The van der Waals surface area contributed by atoms with Gasteiger partial charge in [0.1, 0.15) is 5.82 Å². The van der Waals surface area contributed by atoms with Gasteiger partial charge in [-0.05, 0) is 86.1 Å². The maximum atomic E-state index is 5.01. The number of para-hydroxylation sites is 1. The first-order valence-corrected chi connectivity index (χ1v) is 14.4. The first-order chi connectivity index (χ1) is 20.8. The minimum atomic E-state index is 0.982.